The fourth-order valence-corrected chi connectivity index (χ4v) is 2.86. The van der Waals surface area contributed by atoms with E-state index in [2.05, 4.69) is 21.0 Å². The Kier molecular flexibility index (Phi) is 5.02. The fourth-order valence-electron chi connectivity index (χ4n) is 2.04. The lowest BCUT2D eigenvalue weighted by molar-refractivity contribution is -0.119. The van der Waals surface area contributed by atoms with Crippen molar-refractivity contribution in [2.75, 3.05) is 5.75 Å². The van der Waals surface area contributed by atoms with Crippen molar-refractivity contribution in [3.63, 3.8) is 0 Å². The Morgan fingerprint density at radius 3 is 2.62 bits per heavy atom. The number of halogens is 1. The van der Waals surface area contributed by atoms with Crippen molar-refractivity contribution in [3.05, 3.63) is 59.2 Å². The van der Waals surface area contributed by atoms with Crippen molar-refractivity contribution in [1.29, 1.82) is 0 Å². The molecule has 0 bridgehead atoms. The molecule has 1 heterocycles. The summed E-state index contributed by atoms with van der Waals surface area (Å²) in [6.07, 6.45) is 0. The highest BCUT2D eigenvalue weighted by Gasteiger charge is 2.14. The van der Waals surface area contributed by atoms with Crippen LogP contribution in [0.4, 0.5) is 0 Å². The third kappa shape index (κ3) is 3.87. The maximum atomic E-state index is 12.1. The number of thioether (sulfide) groups is 1. The van der Waals surface area contributed by atoms with Crippen molar-refractivity contribution in [3.8, 4) is 0 Å². The average molecular weight is 361 g/mol. The van der Waals surface area contributed by atoms with Gasteiger partial charge in [-0.25, -0.2) is 0 Å². The first-order valence-corrected chi connectivity index (χ1v) is 8.40. The van der Waals surface area contributed by atoms with Gasteiger partial charge in [-0.15, -0.1) is 11.8 Å². The van der Waals surface area contributed by atoms with E-state index < -0.39 is 5.91 Å². The van der Waals surface area contributed by atoms with Gasteiger partial charge in [0.15, 0.2) is 5.69 Å². The molecule has 0 saturated heterocycles. The van der Waals surface area contributed by atoms with E-state index in [0.717, 1.165) is 10.4 Å². The van der Waals surface area contributed by atoms with Gasteiger partial charge >= 0.3 is 0 Å². The summed E-state index contributed by atoms with van der Waals surface area (Å²) in [5, 5.41) is 8.07. The van der Waals surface area contributed by atoms with E-state index in [1.807, 2.05) is 30.3 Å². The van der Waals surface area contributed by atoms with E-state index in [1.54, 1.807) is 18.2 Å². The van der Waals surface area contributed by atoms with Crippen LogP contribution < -0.4 is 10.9 Å². The molecule has 3 rings (SSSR count). The fraction of sp³-hybridized carbons (Fsp3) is 0.0625. The van der Waals surface area contributed by atoms with Gasteiger partial charge in [0.1, 0.15) is 0 Å². The van der Waals surface area contributed by atoms with E-state index in [9.17, 15) is 9.59 Å². The lowest BCUT2D eigenvalue weighted by Crippen LogP contribution is -2.42. The molecule has 2 aromatic carbocycles. The predicted molar refractivity (Wildman–Crippen MR) is 93.9 cm³/mol. The monoisotopic (exact) mass is 360 g/mol. The number of nitrogens with one attached hydrogen (secondary N) is 3. The SMILES string of the molecule is O=C(CSc1ccc(Cl)cc1)NNC(=O)c1n[nH]c2ccccc12. The molecule has 0 spiro atoms. The molecule has 0 aliphatic heterocycles. The average Bonchev–Trinajstić information content (AvgIpc) is 3.03. The number of carbonyl (C=O) groups is 2. The Balaban J connectivity index is 1.52. The molecule has 0 fully saturated rings. The number of carbonyl (C=O) groups excluding carboxylic acids is 2. The summed E-state index contributed by atoms with van der Waals surface area (Å²) in [5.41, 5.74) is 5.73. The molecule has 24 heavy (non-hydrogen) atoms. The van der Waals surface area contributed by atoms with Gasteiger partial charge in [0.2, 0.25) is 5.91 Å². The minimum absolute atomic E-state index is 0.170. The molecule has 0 unspecified atom stereocenters. The largest absolute Gasteiger partial charge is 0.290 e. The Hall–Kier alpha value is -2.51. The number of H-pyrrole nitrogens is 1. The van der Waals surface area contributed by atoms with Crippen LogP contribution in [0.2, 0.25) is 5.02 Å². The number of fused-ring (bicyclic) bond motifs is 1. The van der Waals surface area contributed by atoms with Gasteiger partial charge < -0.3 is 0 Å². The number of hydrogen-bond donors (Lipinski definition) is 3. The van der Waals surface area contributed by atoms with Crippen LogP contribution in [0.3, 0.4) is 0 Å². The van der Waals surface area contributed by atoms with E-state index in [-0.39, 0.29) is 17.4 Å². The highest BCUT2D eigenvalue weighted by atomic mass is 35.5. The normalized spacial score (nSPS) is 10.5. The molecule has 0 saturated carbocycles. The molecule has 3 N–H and O–H groups in total. The number of hydrogen-bond acceptors (Lipinski definition) is 4. The molecule has 0 aliphatic carbocycles. The maximum Gasteiger partial charge on any atom is 0.290 e. The van der Waals surface area contributed by atoms with Crippen LogP contribution in [0.1, 0.15) is 10.5 Å². The molecule has 1 aromatic heterocycles. The van der Waals surface area contributed by atoms with Crippen molar-refractivity contribution in [2.45, 2.75) is 4.90 Å². The van der Waals surface area contributed by atoms with Crippen molar-refractivity contribution in [1.82, 2.24) is 21.0 Å². The standard InChI is InChI=1S/C16H13ClN4O2S/c17-10-5-7-11(8-6-10)24-9-14(22)19-21-16(23)15-12-3-1-2-4-13(12)18-20-15/h1-8H,9H2,(H,18,20)(H,19,22)(H,21,23). The van der Waals surface area contributed by atoms with E-state index in [1.165, 1.54) is 11.8 Å². The number of hydrazine groups is 1. The number of nitrogens with zero attached hydrogens (tertiary/aromatic N) is 1. The Morgan fingerprint density at radius 1 is 1.08 bits per heavy atom. The second-order valence-electron chi connectivity index (χ2n) is 4.86. The number of aromatic amines is 1. The Labute approximate surface area is 146 Å². The Morgan fingerprint density at radius 2 is 1.83 bits per heavy atom. The molecule has 8 heteroatoms. The molecule has 122 valence electrons. The third-order valence-corrected chi connectivity index (χ3v) is 4.45. The van der Waals surface area contributed by atoms with Crippen LogP contribution >= 0.6 is 23.4 Å². The second kappa shape index (κ2) is 7.37. The van der Waals surface area contributed by atoms with Crippen molar-refractivity contribution in [2.24, 2.45) is 0 Å². The number of para-hydroxylation sites is 1. The second-order valence-corrected chi connectivity index (χ2v) is 6.35. The quantitative estimate of drug-likeness (QED) is 0.493. The first kappa shape index (κ1) is 16.4. The van der Waals surface area contributed by atoms with Crippen LogP contribution in [-0.4, -0.2) is 27.8 Å². The minimum Gasteiger partial charge on any atom is -0.277 e. The van der Waals surface area contributed by atoms with Gasteiger partial charge in [0, 0.05) is 15.3 Å². The molecular weight excluding hydrogens is 348 g/mol. The zero-order valence-corrected chi connectivity index (χ0v) is 13.9. The van der Waals surface area contributed by atoms with Crippen LogP contribution in [0.25, 0.3) is 10.9 Å². The summed E-state index contributed by atoms with van der Waals surface area (Å²) in [6, 6.07) is 14.4. The van der Waals surface area contributed by atoms with Gasteiger partial charge in [0.05, 0.1) is 11.3 Å². The summed E-state index contributed by atoms with van der Waals surface area (Å²) in [4.78, 5) is 24.8. The topological polar surface area (TPSA) is 86.9 Å². The zero-order chi connectivity index (χ0) is 16.9. The minimum atomic E-state index is -0.475. The summed E-state index contributed by atoms with van der Waals surface area (Å²) in [5.74, 6) is -0.621. The van der Waals surface area contributed by atoms with Crippen molar-refractivity contribution >= 4 is 46.1 Å². The Bertz CT molecular complexity index is 879. The van der Waals surface area contributed by atoms with Gasteiger partial charge in [-0.2, -0.15) is 5.10 Å². The van der Waals surface area contributed by atoms with Gasteiger partial charge in [-0.3, -0.25) is 25.5 Å². The van der Waals surface area contributed by atoms with Crippen LogP contribution in [0.15, 0.2) is 53.4 Å². The molecule has 2 amide bonds. The highest BCUT2D eigenvalue weighted by Crippen LogP contribution is 2.20. The van der Waals surface area contributed by atoms with Gasteiger partial charge in [0.25, 0.3) is 5.91 Å². The summed E-state index contributed by atoms with van der Waals surface area (Å²) in [6.45, 7) is 0. The lowest BCUT2D eigenvalue weighted by atomic mass is 10.2. The van der Waals surface area contributed by atoms with Gasteiger partial charge in [-0.05, 0) is 30.3 Å². The molecular formula is C16H13ClN4O2S. The zero-order valence-electron chi connectivity index (χ0n) is 12.4. The molecule has 0 atom stereocenters. The van der Waals surface area contributed by atoms with Crippen LogP contribution in [-0.2, 0) is 4.79 Å². The van der Waals surface area contributed by atoms with Crippen LogP contribution in [0, 0.1) is 0 Å². The van der Waals surface area contributed by atoms with E-state index in [4.69, 9.17) is 11.6 Å². The number of aromatic nitrogens is 2. The highest BCUT2D eigenvalue weighted by molar-refractivity contribution is 8.00. The maximum absolute atomic E-state index is 12.1. The molecule has 0 aliphatic rings. The van der Waals surface area contributed by atoms with E-state index >= 15 is 0 Å². The molecule has 3 aromatic rings. The number of amides is 2. The number of rotatable bonds is 4. The molecule has 6 nitrogen and oxygen atoms in total. The number of benzene rings is 2. The first-order valence-electron chi connectivity index (χ1n) is 7.04. The van der Waals surface area contributed by atoms with Crippen molar-refractivity contribution < 1.29 is 9.59 Å². The predicted octanol–water partition coefficient (Wildman–Crippen LogP) is 2.77. The van der Waals surface area contributed by atoms with Crippen LogP contribution in [0.5, 0.6) is 0 Å². The molecule has 0 radical (unpaired) electrons. The van der Waals surface area contributed by atoms with Gasteiger partial charge in [-0.1, -0.05) is 29.8 Å². The lowest BCUT2D eigenvalue weighted by Gasteiger charge is -2.06. The summed E-state index contributed by atoms with van der Waals surface area (Å²) in [7, 11) is 0. The van der Waals surface area contributed by atoms with E-state index in [0.29, 0.717) is 10.4 Å². The summed E-state index contributed by atoms with van der Waals surface area (Å²) < 4.78 is 0. The first-order chi connectivity index (χ1) is 11.6. The smallest absolute Gasteiger partial charge is 0.277 e. The third-order valence-electron chi connectivity index (χ3n) is 3.18. The summed E-state index contributed by atoms with van der Waals surface area (Å²) >= 11 is 7.15.